The quantitative estimate of drug-likeness (QED) is 0.399. The van der Waals surface area contributed by atoms with E-state index in [1.807, 2.05) is 0 Å². The Hall–Kier alpha value is -3.68. The highest BCUT2D eigenvalue weighted by molar-refractivity contribution is 5.94. The van der Waals surface area contributed by atoms with Gasteiger partial charge in [-0.15, -0.1) is 0 Å². The van der Waals surface area contributed by atoms with E-state index in [4.69, 9.17) is 18.9 Å². The third kappa shape index (κ3) is 3.51. The van der Waals surface area contributed by atoms with E-state index in [-0.39, 0.29) is 0 Å². The summed E-state index contributed by atoms with van der Waals surface area (Å²) in [5, 5.41) is 0. The summed E-state index contributed by atoms with van der Waals surface area (Å²) in [6.07, 6.45) is 7.76. The Kier molecular flexibility index (Phi) is 6.62. The molecule has 0 aromatic heterocycles. The molecule has 8 nitrogen and oxygen atoms in total. The van der Waals surface area contributed by atoms with Crippen molar-refractivity contribution in [2.75, 3.05) is 28.4 Å². The first-order valence-electron chi connectivity index (χ1n) is 9.85. The van der Waals surface area contributed by atoms with Gasteiger partial charge in [0.25, 0.3) is 0 Å². The van der Waals surface area contributed by atoms with Crippen LogP contribution in [0.25, 0.3) is 0 Å². The highest BCUT2D eigenvalue weighted by atomic mass is 16.5. The molecule has 0 unspecified atom stereocenters. The maximum absolute atomic E-state index is 13.3. The fraction of sp³-hybridized carbons (Fsp3) is 0.333. The van der Waals surface area contributed by atoms with Crippen molar-refractivity contribution in [3.63, 3.8) is 0 Å². The van der Waals surface area contributed by atoms with Crippen molar-refractivity contribution in [3.05, 3.63) is 71.3 Å². The molecule has 0 fully saturated rings. The maximum atomic E-state index is 13.3. The molecule has 0 saturated carbocycles. The Morgan fingerprint density at radius 1 is 0.812 bits per heavy atom. The molecular formula is C24H24O8. The van der Waals surface area contributed by atoms with Crippen molar-refractivity contribution in [3.8, 4) is 0 Å². The van der Waals surface area contributed by atoms with Gasteiger partial charge >= 0.3 is 23.9 Å². The Morgan fingerprint density at radius 3 is 2.03 bits per heavy atom. The first kappa shape index (κ1) is 23.0. The van der Waals surface area contributed by atoms with Gasteiger partial charge in [-0.3, -0.25) is 14.4 Å². The average Bonchev–Trinajstić information content (AvgIpc) is 2.83. The van der Waals surface area contributed by atoms with Gasteiger partial charge in [-0.05, 0) is 16.7 Å². The molecule has 0 N–H and O–H groups in total. The molecule has 8 heteroatoms. The number of ether oxygens (including phenoxy) is 4. The number of hydrogen-bond acceptors (Lipinski definition) is 8. The first-order chi connectivity index (χ1) is 15.4. The lowest BCUT2D eigenvalue weighted by molar-refractivity contribution is -0.161. The molecule has 168 valence electrons. The minimum Gasteiger partial charge on any atom is -0.469 e. The van der Waals surface area contributed by atoms with Crippen LogP contribution in [0.15, 0.2) is 60.2 Å². The van der Waals surface area contributed by atoms with Gasteiger partial charge < -0.3 is 18.9 Å². The number of carbonyl (C=O) groups is 4. The van der Waals surface area contributed by atoms with Gasteiger partial charge in [0.05, 0.1) is 46.2 Å². The number of fused-ring (bicyclic) bond motifs is 1. The van der Waals surface area contributed by atoms with Gasteiger partial charge in [0.2, 0.25) is 0 Å². The van der Waals surface area contributed by atoms with Crippen LogP contribution in [0.4, 0.5) is 0 Å². The van der Waals surface area contributed by atoms with E-state index in [0.29, 0.717) is 16.7 Å². The fourth-order valence-corrected chi connectivity index (χ4v) is 4.76. The Morgan fingerprint density at radius 2 is 1.44 bits per heavy atom. The van der Waals surface area contributed by atoms with Crippen molar-refractivity contribution in [2.24, 2.45) is 11.3 Å². The van der Waals surface area contributed by atoms with Crippen LogP contribution in [0.3, 0.4) is 0 Å². The first-order valence-corrected chi connectivity index (χ1v) is 9.85. The van der Waals surface area contributed by atoms with E-state index in [1.165, 1.54) is 34.5 Å². The summed E-state index contributed by atoms with van der Waals surface area (Å²) in [5.74, 6) is -6.09. The van der Waals surface area contributed by atoms with Gasteiger partial charge in [-0.1, -0.05) is 48.6 Å². The van der Waals surface area contributed by atoms with E-state index in [1.54, 1.807) is 48.6 Å². The molecule has 1 aromatic carbocycles. The SMILES string of the molecule is COC(=O)/C=C1/C=CC=C[C@@]12[C@H](C(=O)OC)c1ccccc1[C@H](C(=O)OC)[C@@H]2C(=O)OC. The molecule has 0 radical (unpaired) electrons. The van der Waals surface area contributed by atoms with E-state index in [2.05, 4.69) is 0 Å². The summed E-state index contributed by atoms with van der Waals surface area (Å²) < 4.78 is 20.1. The van der Waals surface area contributed by atoms with Crippen molar-refractivity contribution < 1.29 is 38.1 Å². The smallest absolute Gasteiger partial charge is 0.330 e. The zero-order chi connectivity index (χ0) is 23.5. The number of rotatable bonds is 4. The predicted octanol–water partition coefficient (Wildman–Crippen LogP) is 2.21. The number of methoxy groups -OCH3 is 4. The Labute approximate surface area is 185 Å². The van der Waals surface area contributed by atoms with Gasteiger partial charge in [0.15, 0.2) is 0 Å². The van der Waals surface area contributed by atoms with Crippen molar-refractivity contribution in [1.29, 1.82) is 0 Å². The van der Waals surface area contributed by atoms with Crippen molar-refractivity contribution in [1.82, 2.24) is 0 Å². The number of allylic oxidation sites excluding steroid dienone is 5. The highest BCUT2D eigenvalue weighted by Crippen LogP contribution is 2.60. The molecule has 2 aliphatic rings. The second-order valence-corrected chi connectivity index (χ2v) is 7.36. The molecule has 1 aromatic rings. The van der Waals surface area contributed by atoms with Crippen LogP contribution in [0.1, 0.15) is 23.0 Å². The Balaban J connectivity index is 2.48. The van der Waals surface area contributed by atoms with Crippen LogP contribution in [-0.4, -0.2) is 52.3 Å². The summed E-state index contributed by atoms with van der Waals surface area (Å²) in [7, 11) is 4.88. The van der Waals surface area contributed by atoms with Gasteiger partial charge in [0, 0.05) is 11.5 Å². The number of carbonyl (C=O) groups excluding carboxylic acids is 4. The molecule has 3 rings (SSSR count). The van der Waals surface area contributed by atoms with Crippen LogP contribution in [-0.2, 0) is 38.1 Å². The maximum Gasteiger partial charge on any atom is 0.330 e. The van der Waals surface area contributed by atoms with Crippen LogP contribution in [0.5, 0.6) is 0 Å². The second-order valence-electron chi connectivity index (χ2n) is 7.36. The summed E-state index contributed by atoms with van der Waals surface area (Å²) in [6, 6.07) is 6.80. The lowest BCUT2D eigenvalue weighted by Gasteiger charge is -2.50. The lowest BCUT2D eigenvalue weighted by Crippen LogP contribution is -2.52. The molecule has 0 aliphatic heterocycles. The van der Waals surface area contributed by atoms with Crippen LogP contribution >= 0.6 is 0 Å². The lowest BCUT2D eigenvalue weighted by atomic mass is 9.50. The standard InChI is InChI=1S/C24H24O8/c1-29-17(25)13-14-9-7-8-12-24(14)19(22(27)31-3)16-11-6-5-10-15(16)18(21(26)30-2)20(24)23(28)32-4/h5-13,18-20H,1-4H3/b14-13-/t18-,19-,20+,24-/m0/s1. The number of hydrogen-bond donors (Lipinski definition) is 0. The zero-order valence-electron chi connectivity index (χ0n) is 18.2. The van der Waals surface area contributed by atoms with E-state index in [9.17, 15) is 19.2 Å². The predicted molar refractivity (Wildman–Crippen MR) is 112 cm³/mol. The molecular weight excluding hydrogens is 416 g/mol. The Bertz CT molecular complexity index is 1030. The molecule has 0 heterocycles. The number of esters is 4. The van der Waals surface area contributed by atoms with Crippen molar-refractivity contribution >= 4 is 23.9 Å². The summed E-state index contributed by atoms with van der Waals surface area (Å²) >= 11 is 0. The monoisotopic (exact) mass is 440 g/mol. The van der Waals surface area contributed by atoms with Crippen LogP contribution in [0, 0.1) is 11.3 Å². The molecule has 4 atom stereocenters. The molecule has 32 heavy (non-hydrogen) atoms. The normalized spacial score (nSPS) is 26.9. The van der Waals surface area contributed by atoms with E-state index in [0.717, 1.165) is 0 Å². The minimum absolute atomic E-state index is 0.307. The second kappa shape index (κ2) is 9.21. The third-order valence-electron chi connectivity index (χ3n) is 6.05. The van der Waals surface area contributed by atoms with Crippen LogP contribution < -0.4 is 0 Å². The molecule has 2 aliphatic carbocycles. The molecule has 0 amide bonds. The minimum atomic E-state index is -1.48. The zero-order valence-corrected chi connectivity index (χ0v) is 18.2. The fourth-order valence-electron chi connectivity index (χ4n) is 4.76. The number of benzene rings is 1. The largest absolute Gasteiger partial charge is 0.469 e. The molecule has 0 saturated heterocycles. The van der Waals surface area contributed by atoms with Gasteiger partial charge in [-0.25, -0.2) is 4.79 Å². The van der Waals surface area contributed by atoms with E-state index >= 15 is 0 Å². The average molecular weight is 440 g/mol. The topological polar surface area (TPSA) is 105 Å². The van der Waals surface area contributed by atoms with Crippen molar-refractivity contribution in [2.45, 2.75) is 11.8 Å². The summed E-state index contributed by atoms with van der Waals surface area (Å²) in [4.78, 5) is 51.7. The molecule has 0 bridgehead atoms. The third-order valence-corrected chi connectivity index (χ3v) is 6.05. The summed E-state index contributed by atoms with van der Waals surface area (Å²) in [5.41, 5.74) is -0.223. The summed E-state index contributed by atoms with van der Waals surface area (Å²) in [6.45, 7) is 0. The van der Waals surface area contributed by atoms with E-state index < -0.39 is 47.0 Å². The van der Waals surface area contributed by atoms with Gasteiger partial charge in [-0.2, -0.15) is 0 Å². The van der Waals surface area contributed by atoms with Gasteiger partial charge in [0.1, 0.15) is 0 Å². The molecule has 1 spiro atoms. The van der Waals surface area contributed by atoms with Crippen LogP contribution in [0.2, 0.25) is 0 Å². The highest BCUT2D eigenvalue weighted by Gasteiger charge is 2.62.